The number of hydrogen-bond acceptors (Lipinski definition) is 5. The SMILES string of the molecule is CC(C)CCC(=O)O[C@@H](C)C(=O)Nc1cccc([N+](=O)[O-])c1. The van der Waals surface area contributed by atoms with Crippen LogP contribution in [0.15, 0.2) is 24.3 Å². The van der Waals surface area contributed by atoms with Gasteiger partial charge in [0.1, 0.15) is 0 Å². The van der Waals surface area contributed by atoms with E-state index in [2.05, 4.69) is 5.32 Å². The van der Waals surface area contributed by atoms with Crippen LogP contribution in [0.5, 0.6) is 0 Å². The first kappa shape index (κ1) is 17.6. The first-order valence-corrected chi connectivity index (χ1v) is 7.04. The van der Waals surface area contributed by atoms with Gasteiger partial charge in [-0.3, -0.25) is 19.7 Å². The molecule has 0 aromatic heterocycles. The third-order valence-electron chi connectivity index (χ3n) is 2.93. The van der Waals surface area contributed by atoms with Gasteiger partial charge in [0.2, 0.25) is 0 Å². The fraction of sp³-hybridized carbons (Fsp3) is 0.467. The number of hydrogen-bond donors (Lipinski definition) is 1. The van der Waals surface area contributed by atoms with E-state index in [-0.39, 0.29) is 17.8 Å². The number of nitro benzene ring substituents is 1. The van der Waals surface area contributed by atoms with Gasteiger partial charge in [0.25, 0.3) is 11.6 Å². The molecule has 22 heavy (non-hydrogen) atoms. The van der Waals surface area contributed by atoms with Gasteiger partial charge in [-0.05, 0) is 25.3 Å². The van der Waals surface area contributed by atoms with Gasteiger partial charge >= 0.3 is 5.97 Å². The van der Waals surface area contributed by atoms with Crippen molar-refractivity contribution in [1.29, 1.82) is 0 Å². The van der Waals surface area contributed by atoms with E-state index in [1.807, 2.05) is 13.8 Å². The number of nitrogens with one attached hydrogen (secondary N) is 1. The van der Waals surface area contributed by atoms with Gasteiger partial charge in [0, 0.05) is 24.2 Å². The summed E-state index contributed by atoms with van der Waals surface area (Å²) in [7, 11) is 0. The second-order valence-corrected chi connectivity index (χ2v) is 5.36. The highest BCUT2D eigenvalue weighted by Crippen LogP contribution is 2.17. The number of nitrogens with zero attached hydrogens (tertiary/aromatic N) is 1. The second kappa shape index (κ2) is 8.11. The van der Waals surface area contributed by atoms with Crippen molar-refractivity contribution in [2.45, 2.75) is 39.7 Å². The Hall–Kier alpha value is -2.44. The molecule has 0 bridgehead atoms. The fourth-order valence-corrected chi connectivity index (χ4v) is 1.66. The Morgan fingerprint density at radius 1 is 1.32 bits per heavy atom. The van der Waals surface area contributed by atoms with E-state index in [1.54, 1.807) is 0 Å². The van der Waals surface area contributed by atoms with Gasteiger partial charge in [-0.15, -0.1) is 0 Å². The van der Waals surface area contributed by atoms with Crippen LogP contribution in [0.2, 0.25) is 0 Å². The van der Waals surface area contributed by atoms with Gasteiger partial charge < -0.3 is 10.1 Å². The number of benzene rings is 1. The smallest absolute Gasteiger partial charge is 0.306 e. The molecule has 0 aliphatic carbocycles. The maximum atomic E-state index is 11.9. The fourth-order valence-electron chi connectivity index (χ4n) is 1.66. The van der Waals surface area contributed by atoms with Crippen molar-refractivity contribution in [3.63, 3.8) is 0 Å². The number of amides is 1. The standard InChI is InChI=1S/C15H20N2O5/c1-10(2)7-8-14(18)22-11(3)15(19)16-12-5-4-6-13(9-12)17(20)21/h4-6,9-11H,7-8H2,1-3H3,(H,16,19)/t11-/m0/s1. The van der Waals surface area contributed by atoms with E-state index in [0.717, 1.165) is 0 Å². The van der Waals surface area contributed by atoms with Crippen molar-refractivity contribution in [1.82, 2.24) is 0 Å². The lowest BCUT2D eigenvalue weighted by Gasteiger charge is -2.14. The molecule has 1 amide bonds. The molecule has 0 radical (unpaired) electrons. The zero-order valence-electron chi connectivity index (χ0n) is 12.9. The van der Waals surface area contributed by atoms with Crippen LogP contribution in [-0.2, 0) is 14.3 Å². The molecule has 0 saturated carbocycles. The Bertz CT molecular complexity index is 557. The summed E-state index contributed by atoms with van der Waals surface area (Å²) in [4.78, 5) is 33.6. The average molecular weight is 308 g/mol. The first-order chi connectivity index (χ1) is 10.3. The highest BCUT2D eigenvalue weighted by molar-refractivity contribution is 5.95. The second-order valence-electron chi connectivity index (χ2n) is 5.36. The molecule has 0 aliphatic heterocycles. The molecule has 0 fully saturated rings. The predicted octanol–water partition coefficient (Wildman–Crippen LogP) is 2.90. The monoisotopic (exact) mass is 308 g/mol. The Kier molecular flexibility index (Phi) is 6.49. The molecule has 1 aromatic rings. The zero-order chi connectivity index (χ0) is 16.7. The first-order valence-electron chi connectivity index (χ1n) is 7.04. The normalized spacial score (nSPS) is 11.8. The molecular weight excluding hydrogens is 288 g/mol. The van der Waals surface area contributed by atoms with E-state index >= 15 is 0 Å². The Morgan fingerprint density at radius 2 is 2.00 bits per heavy atom. The lowest BCUT2D eigenvalue weighted by Crippen LogP contribution is -2.30. The average Bonchev–Trinajstić information content (AvgIpc) is 2.45. The highest BCUT2D eigenvalue weighted by atomic mass is 16.6. The molecule has 7 nitrogen and oxygen atoms in total. The Labute approximate surface area is 128 Å². The number of anilines is 1. The van der Waals surface area contributed by atoms with Crippen molar-refractivity contribution >= 4 is 23.3 Å². The molecule has 7 heteroatoms. The van der Waals surface area contributed by atoms with Crippen LogP contribution >= 0.6 is 0 Å². The largest absolute Gasteiger partial charge is 0.453 e. The predicted molar refractivity (Wildman–Crippen MR) is 81.4 cm³/mol. The molecule has 0 unspecified atom stereocenters. The summed E-state index contributed by atoms with van der Waals surface area (Å²) < 4.78 is 5.03. The number of ether oxygens (including phenoxy) is 1. The number of non-ortho nitro benzene ring substituents is 1. The van der Waals surface area contributed by atoms with Crippen LogP contribution in [0, 0.1) is 16.0 Å². The van der Waals surface area contributed by atoms with E-state index in [4.69, 9.17) is 4.74 Å². The van der Waals surface area contributed by atoms with Crippen LogP contribution in [0.3, 0.4) is 0 Å². The van der Waals surface area contributed by atoms with E-state index in [1.165, 1.54) is 31.2 Å². The number of carbonyl (C=O) groups is 2. The number of esters is 1. The topological polar surface area (TPSA) is 98.5 Å². The molecule has 0 heterocycles. The number of rotatable bonds is 7. The van der Waals surface area contributed by atoms with Gasteiger partial charge in [-0.2, -0.15) is 0 Å². The number of nitro groups is 1. The van der Waals surface area contributed by atoms with E-state index in [0.29, 0.717) is 12.3 Å². The Morgan fingerprint density at radius 3 is 2.59 bits per heavy atom. The molecule has 1 atom stereocenters. The van der Waals surface area contributed by atoms with Crippen LogP contribution < -0.4 is 5.32 Å². The summed E-state index contributed by atoms with van der Waals surface area (Å²) in [5.74, 6) is -0.588. The maximum absolute atomic E-state index is 11.9. The lowest BCUT2D eigenvalue weighted by molar-refractivity contribution is -0.384. The molecule has 0 saturated heterocycles. The van der Waals surface area contributed by atoms with Crippen LogP contribution in [0.4, 0.5) is 11.4 Å². The van der Waals surface area contributed by atoms with Gasteiger partial charge in [-0.1, -0.05) is 19.9 Å². The lowest BCUT2D eigenvalue weighted by atomic mass is 10.1. The molecular formula is C15H20N2O5. The minimum atomic E-state index is -0.959. The minimum Gasteiger partial charge on any atom is -0.453 e. The summed E-state index contributed by atoms with van der Waals surface area (Å²) in [6.45, 7) is 5.44. The maximum Gasteiger partial charge on any atom is 0.306 e. The number of carbonyl (C=O) groups excluding carboxylic acids is 2. The summed E-state index contributed by atoms with van der Waals surface area (Å²) in [5, 5.41) is 13.2. The highest BCUT2D eigenvalue weighted by Gasteiger charge is 2.18. The van der Waals surface area contributed by atoms with Crippen LogP contribution in [0.1, 0.15) is 33.6 Å². The van der Waals surface area contributed by atoms with Crippen molar-refractivity contribution < 1.29 is 19.2 Å². The quantitative estimate of drug-likeness (QED) is 0.474. The van der Waals surface area contributed by atoms with Gasteiger partial charge in [0.05, 0.1) is 4.92 Å². The molecule has 0 aliphatic rings. The van der Waals surface area contributed by atoms with E-state index < -0.39 is 22.9 Å². The van der Waals surface area contributed by atoms with Gasteiger partial charge in [0.15, 0.2) is 6.10 Å². The summed E-state index contributed by atoms with van der Waals surface area (Å²) >= 11 is 0. The molecule has 0 spiro atoms. The molecule has 1 N–H and O–H groups in total. The Balaban J connectivity index is 2.55. The summed E-state index contributed by atoms with van der Waals surface area (Å²) in [6.07, 6.45) is -0.0108. The van der Waals surface area contributed by atoms with Crippen molar-refractivity contribution in [3.8, 4) is 0 Å². The van der Waals surface area contributed by atoms with Crippen LogP contribution in [-0.4, -0.2) is 22.9 Å². The van der Waals surface area contributed by atoms with Crippen LogP contribution in [0.25, 0.3) is 0 Å². The van der Waals surface area contributed by atoms with Crippen molar-refractivity contribution in [3.05, 3.63) is 34.4 Å². The summed E-state index contributed by atoms with van der Waals surface area (Å²) in [6, 6.07) is 5.56. The zero-order valence-corrected chi connectivity index (χ0v) is 12.9. The molecule has 1 aromatic carbocycles. The third-order valence-corrected chi connectivity index (χ3v) is 2.93. The minimum absolute atomic E-state index is 0.126. The molecule has 1 rings (SSSR count). The van der Waals surface area contributed by atoms with Crippen molar-refractivity contribution in [2.75, 3.05) is 5.32 Å². The third kappa shape index (κ3) is 5.90. The van der Waals surface area contributed by atoms with Crippen molar-refractivity contribution in [2.24, 2.45) is 5.92 Å². The molecule has 120 valence electrons. The van der Waals surface area contributed by atoms with E-state index in [9.17, 15) is 19.7 Å². The van der Waals surface area contributed by atoms with Gasteiger partial charge in [-0.25, -0.2) is 0 Å². The summed E-state index contributed by atoms with van der Waals surface area (Å²) in [5.41, 5.74) is 0.156.